The molecule has 0 spiro atoms. The molecule has 1 unspecified atom stereocenters. The molecule has 1 atom stereocenters. The molecule has 1 heterocycles. The zero-order chi connectivity index (χ0) is 11.7. The third-order valence-corrected chi connectivity index (χ3v) is 4.16. The van der Waals surface area contributed by atoms with Gasteiger partial charge in [-0.1, -0.05) is 35.3 Å². The average molecular weight is 273 g/mol. The third-order valence-electron chi connectivity index (χ3n) is 2.47. The molecule has 2 rings (SSSR count). The van der Waals surface area contributed by atoms with Crippen molar-refractivity contribution in [2.75, 3.05) is 0 Å². The molecule has 0 aliphatic heterocycles. The van der Waals surface area contributed by atoms with Gasteiger partial charge >= 0.3 is 0 Å². The number of aliphatic hydroxyl groups excluding tert-OH is 1. The molecule has 1 nitrogen and oxygen atoms in total. The minimum atomic E-state index is -0.711. The molecule has 0 aliphatic carbocycles. The number of hydrogen-bond donors (Lipinski definition) is 1. The molecule has 0 saturated carbocycles. The molecule has 0 aliphatic rings. The van der Waals surface area contributed by atoms with Crippen molar-refractivity contribution in [2.24, 2.45) is 0 Å². The van der Waals surface area contributed by atoms with Crippen LogP contribution in [-0.4, -0.2) is 5.11 Å². The first kappa shape index (κ1) is 11.9. The van der Waals surface area contributed by atoms with Crippen LogP contribution >= 0.6 is 34.5 Å². The molecule has 0 radical (unpaired) electrons. The first-order valence-electron chi connectivity index (χ1n) is 4.77. The lowest BCUT2D eigenvalue weighted by atomic mass is 10.0. The Bertz CT molecular complexity index is 507. The molecule has 1 aromatic heterocycles. The molecule has 84 valence electrons. The Hall–Kier alpha value is -0.540. The quantitative estimate of drug-likeness (QED) is 0.857. The van der Waals surface area contributed by atoms with Crippen LogP contribution in [0.3, 0.4) is 0 Å². The van der Waals surface area contributed by atoms with Crippen LogP contribution in [0, 0.1) is 6.92 Å². The van der Waals surface area contributed by atoms with E-state index in [-0.39, 0.29) is 0 Å². The monoisotopic (exact) mass is 272 g/mol. The lowest BCUT2D eigenvalue weighted by Crippen LogP contribution is -2.00. The predicted molar refractivity (Wildman–Crippen MR) is 69.6 cm³/mol. The van der Waals surface area contributed by atoms with Gasteiger partial charge in [0.05, 0.1) is 10.0 Å². The Morgan fingerprint density at radius 2 is 1.94 bits per heavy atom. The van der Waals surface area contributed by atoms with E-state index in [1.807, 2.05) is 18.4 Å². The third kappa shape index (κ3) is 2.11. The molecule has 4 heteroatoms. The summed E-state index contributed by atoms with van der Waals surface area (Å²) in [6, 6.07) is 7.19. The van der Waals surface area contributed by atoms with Crippen molar-refractivity contribution < 1.29 is 5.11 Å². The van der Waals surface area contributed by atoms with E-state index in [2.05, 4.69) is 0 Å². The van der Waals surface area contributed by atoms with Gasteiger partial charge in [0.1, 0.15) is 6.10 Å². The minimum Gasteiger partial charge on any atom is -0.384 e. The van der Waals surface area contributed by atoms with Crippen molar-refractivity contribution in [1.29, 1.82) is 0 Å². The van der Waals surface area contributed by atoms with Gasteiger partial charge in [-0.15, -0.1) is 11.3 Å². The maximum Gasteiger partial charge on any atom is 0.107 e. The number of aryl methyl sites for hydroxylation is 1. The van der Waals surface area contributed by atoms with Gasteiger partial charge in [0.15, 0.2) is 0 Å². The molecular formula is C12H10Cl2OS. The highest BCUT2D eigenvalue weighted by Crippen LogP contribution is 2.35. The highest BCUT2D eigenvalue weighted by atomic mass is 35.5. The fraction of sp³-hybridized carbons (Fsp3) is 0.167. The summed E-state index contributed by atoms with van der Waals surface area (Å²) in [5, 5.41) is 13.1. The highest BCUT2D eigenvalue weighted by Gasteiger charge is 2.17. The molecule has 1 aromatic carbocycles. The molecule has 0 fully saturated rings. The highest BCUT2D eigenvalue weighted by molar-refractivity contribution is 7.10. The van der Waals surface area contributed by atoms with Gasteiger partial charge in [-0.25, -0.2) is 0 Å². The fourth-order valence-corrected chi connectivity index (χ4v) is 2.72. The zero-order valence-electron chi connectivity index (χ0n) is 8.58. The van der Waals surface area contributed by atoms with Crippen molar-refractivity contribution in [3.63, 3.8) is 0 Å². The van der Waals surface area contributed by atoms with E-state index in [9.17, 15) is 5.11 Å². The van der Waals surface area contributed by atoms with Gasteiger partial charge in [0.25, 0.3) is 0 Å². The van der Waals surface area contributed by atoms with Crippen molar-refractivity contribution in [1.82, 2.24) is 0 Å². The van der Waals surface area contributed by atoms with Crippen LogP contribution in [0.4, 0.5) is 0 Å². The van der Waals surface area contributed by atoms with Crippen molar-refractivity contribution in [3.05, 3.63) is 55.7 Å². The Morgan fingerprint density at radius 1 is 1.19 bits per heavy atom. The summed E-state index contributed by atoms with van der Waals surface area (Å²) in [5.41, 5.74) is 1.53. The van der Waals surface area contributed by atoms with Crippen LogP contribution in [0.25, 0.3) is 0 Å². The first-order valence-corrected chi connectivity index (χ1v) is 6.40. The second kappa shape index (κ2) is 4.76. The number of rotatable bonds is 2. The summed E-state index contributed by atoms with van der Waals surface area (Å²) in [7, 11) is 0. The zero-order valence-corrected chi connectivity index (χ0v) is 10.9. The van der Waals surface area contributed by atoms with Gasteiger partial charge in [0, 0.05) is 10.4 Å². The number of hydrogen-bond acceptors (Lipinski definition) is 2. The summed E-state index contributed by atoms with van der Waals surface area (Å²) in [5.74, 6) is 0. The van der Waals surface area contributed by atoms with E-state index in [0.29, 0.717) is 15.6 Å². The Labute approximate surface area is 108 Å². The first-order chi connectivity index (χ1) is 7.61. The van der Waals surface area contributed by atoms with E-state index in [4.69, 9.17) is 23.2 Å². The van der Waals surface area contributed by atoms with E-state index < -0.39 is 6.10 Å². The summed E-state index contributed by atoms with van der Waals surface area (Å²) in [6.07, 6.45) is -0.711. The molecule has 0 bridgehead atoms. The van der Waals surface area contributed by atoms with Crippen LogP contribution in [-0.2, 0) is 0 Å². The molecule has 1 N–H and O–H groups in total. The average Bonchev–Trinajstić information content (AvgIpc) is 2.68. The number of thiophene rings is 1. The molecular weight excluding hydrogens is 263 g/mol. The van der Waals surface area contributed by atoms with E-state index in [1.54, 1.807) is 29.5 Å². The van der Waals surface area contributed by atoms with Gasteiger partial charge in [0.2, 0.25) is 0 Å². The summed E-state index contributed by atoms with van der Waals surface area (Å²) < 4.78 is 0. The van der Waals surface area contributed by atoms with Crippen molar-refractivity contribution in [2.45, 2.75) is 13.0 Å². The van der Waals surface area contributed by atoms with E-state index in [0.717, 1.165) is 10.4 Å². The Kier molecular flexibility index (Phi) is 3.55. The lowest BCUT2D eigenvalue weighted by molar-refractivity contribution is 0.220. The molecule has 0 saturated heterocycles. The Morgan fingerprint density at radius 3 is 2.56 bits per heavy atom. The minimum absolute atomic E-state index is 0.419. The number of benzene rings is 1. The maximum atomic E-state index is 10.2. The van der Waals surface area contributed by atoms with E-state index in [1.165, 1.54) is 0 Å². The summed E-state index contributed by atoms with van der Waals surface area (Å²) in [4.78, 5) is 1.09. The SMILES string of the molecule is Cc1sccc1C(O)c1cccc(Cl)c1Cl. The van der Waals surface area contributed by atoms with Gasteiger partial charge in [-0.3, -0.25) is 0 Å². The fourth-order valence-electron chi connectivity index (χ4n) is 1.58. The van der Waals surface area contributed by atoms with Gasteiger partial charge in [-0.05, 0) is 30.0 Å². The molecule has 2 aromatic rings. The van der Waals surface area contributed by atoms with Crippen LogP contribution < -0.4 is 0 Å². The normalized spacial score (nSPS) is 12.8. The maximum absolute atomic E-state index is 10.2. The molecule has 16 heavy (non-hydrogen) atoms. The van der Waals surface area contributed by atoms with E-state index >= 15 is 0 Å². The largest absolute Gasteiger partial charge is 0.384 e. The standard InChI is InChI=1S/C12H10Cl2OS/c1-7-8(5-6-16-7)12(15)9-3-2-4-10(13)11(9)14/h2-6,12,15H,1H3. The van der Waals surface area contributed by atoms with Gasteiger partial charge in [-0.2, -0.15) is 0 Å². The Balaban J connectivity index is 2.46. The summed E-state index contributed by atoms with van der Waals surface area (Å²) >= 11 is 13.6. The second-order valence-electron chi connectivity index (χ2n) is 3.48. The van der Waals surface area contributed by atoms with Crippen molar-refractivity contribution in [3.8, 4) is 0 Å². The van der Waals surface area contributed by atoms with Gasteiger partial charge < -0.3 is 5.11 Å². The number of halogens is 2. The van der Waals surface area contributed by atoms with Crippen LogP contribution in [0.2, 0.25) is 10.0 Å². The predicted octanol–water partition coefficient (Wildman–Crippen LogP) is 4.45. The second-order valence-corrected chi connectivity index (χ2v) is 5.38. The molecule has 0 amide bonds. The van der Waals surface area contributed by atoms with Crippen LogP contribution in [0.1, 0.15) is 22.1 Å². The van der Waals surface area contributed by atoms with Crippen LogP contribution in [0.15, 0.2) is 29.6 Å². The lowest BCUT2D eigenvalue weighted by Gasteiger charge is -2.13. The summed E-state index contributed by atoms with van der Waals surface area (Å²) in [6.45, 7) is 1.97. The van der Waals surface area contributed by atoms with Crippen molar-refractivity contribution >= 4 is 34.5 Å². The smallest absolute Gasteiger partial charge is 0.107 e. The van der Waals surface area contributed by atoms with Crippen LogP contribution in [0.5, 0.6) is 0 Å². The number of aliphatic hydroxyl groups is 1. The topological polar surface area (TPSA) is 20.2 Å².